The summed E-state index contributed by atoms with van der Waals surface area (Å²) < 4.78 is 0. The lowest BCUT2D eigenvalue weighted by atomic mass is 10.2. The number of carbonyl (C=O) groups is 1. The van der Waals surface area contributed by atoms with Gasteiger partial charge in [0, 0.05) is 48.0 Å². The number of anilines is 1. The van der Waals surface area contributed by atoms with Gasteiger partial charge in [-0.25, -0.2) is 0 Å². The van der Waals surface area contributed by atoms with Crippen molar-refractivity contribution in [1.29, 1.82) is 0 Å². The van der Waals surface area contributed by atoms with Gasteiger partial charge in [-0.15, -0.1) is 0 Å². The van der Waals surface area contributed by atoms with E-state index in [0.717, 1.165) is 29.6 Å². The van der Waals surface area contributed by atoms with E-state index < -0.39 is 0 Å². The molecule has 0 spiro atoms. The number of nitrogens with one attached hydrogen (secondary N) is 1. The highest BCUT2D eigenvalue weighted by atomic mass is 35.5. The fraction of sp³-hybridized carbons (Fsp3) is 0.200. The zero-order chi connectivity index (χ0) is 19.4. The average molecular weight is 423 g/mol. The smallest absolute Gasteiger partial charge is 0.253 e. The molecule has 3 rings (SSSR count). The van der Waals surface area contributed by atoms with Gasteiger partial charge in [0.1, 0.15) is 0 Å². The van der Waals surface area contributed by atoms with E-state index in [9.17, 15) is 4.79 Å². The monoisotopic (exact) mass is 421 g/mol. The van der Waals surface area contributed by atoms with E-state index >= 15 is 0 Å². The molecule has 0 saturated heterocycles. The SMILES string of the molecule is CN(CCCNc1ccnc2cc(Cl)ccc12)C(=O)c1ccc(Cl)c(Cl)c1. The molecule has 0 fully saturated rings. The van der Waals surface area contributed by atoms with Gasteiger partial charge in [0.2, 0.25) is 0 Å². The largest absolute Gasteiger partial charge is 0.384 e. The van der Waals surface area contributed by atoms with Crippen LogP contribution in [-0.2, 0) is 0 Å². The minimum Gasteiger partial charge on any atom is -0.384 e. The van der Waals surface area contributed by atoms with Crippen molar-refractivity contribution < 1.29 is 4.79 Å². The molecule has 0 aliphatic carbocycles. The van der Waals surface area contributed by atoms with Crippen molar-refractivity contribution in [2.75, 3.05) is 25.5 Å². The molecule has 0 radical (unpaired) electrons. The van der Waals surface area contributed by atoms with E-state index in [0.29, 0.717) is 27.2 Å². The van der Waals surface area contributed by atoms with Gasteiger partial charge in [-0.3, -0.25) is 9.78 Å². The molecule has 1 N–H and O–H groups in total. The number of fused-ring (bicyclic) bond motifs is 1. The Hall–Kier alpha value is -2.01. The topological polar surface area (TPSA) is 45.2 Å². The van der Waals surface area contributed by atoms with Gasteiger partial charge in [0.15, 0.2) is 0 Å². The zero-order valence-electron chi connectivity index (χ0n) is 14.7. The number of hydrogen-bond donors (Lipinski definition) is 1. The van der Waals surface area contributed by atoms with Crippen LogP contribution in [0.15, 0.2) is 48.7 Å². The minimum absolute atomic E-state index is 0.0856. The highest BCUT2D eigenvalue weighted by molar-refractivity contribution is 6.42. The van der Waals surface area contributed by atoms with Crippen LogP contribution in [0.4, 0.5) is 5.69 Å². The molecule has 1 amide bonds. The number of halogens is 3. The van der Waals surface area contributed by atoms with Gasteiger partial charge in [-0.05, 0) is 48.9 Å². The maximum absolute atomic E-state index is 12.5. The molecule has 0 aliphatic rings. The van der Waals surface area contributed by atoms with Crippen LogP contribution in [0.5, 0.6) is 0 Å². The van der Waals surface area contributed by atoms with Crippen molar-refractivity contribution in [3.05, 3.63) is 69.3 Å². The molecule has 0 atom stereocenters. The Kier molecular flexibility index (Phi) is 6.42. The van der Waals surface area contributed by atoms with E-state index in [-0.39, 0.29) is 5.91 Å². The molecule has 4 nitrogen and oxygen atoms in total. The molecule has 0 saturated carbocycles. The zero-order valence-corrected chi connectivity index (χ0v) is 16.9. The Morgan fingerprint density at radius 2 is 1.89 bits per heavy atom. The average Bonchev–Trinajstić information content (AvgIpc) is 2.66. The maximum Gasteiger partial charge on any atom is 0.253 e. The second-order valence-electron chi connectivity index (χ2n) is 6.16. The van der Waals surface area contributed by atoms with Crippen molar-refractivity contribution in [3.63, 3.8) is 0 Å². The second kappa shape index (κ2) is 8.79. The van der Waals surface area contributed by atoms with Crippen LogP contribution >= 0.6 is 34.8 Å². The Labute approximate surface area is 173 Å². The summed E-state index contributed by atoms with van der Waals surface area (Å²) in [6.45, 7) is 1.33. The Bertz CT molecular complexity index is 978. The van der Waals surface area contributed by atoms with Gasteiger partial charge in [0.05, 0.1) is 15.6 Å². The van der Waals surface area contributed by atoms with E-state index in [1.807, 2.05) is 24.3 Å². The van der Waals surface area contributed by atoms with Gasteiger partial charge in [0.25, 0.3) is 5.91 Å². The first-order valence-electron chi connectivity index (χ1n) is 8.44. The standard InChI is InChI=1S/C20H18Cl3N3O/c1-26(20(27)13-3-6-16(22)17(23)11-13)10-2-8-24-18-7-9-25-19-12-14(21)4-5-15(18)19/h3-7,9,11-12H,2,8,10H2,1H3,(H,24,25). The number of pyridine rings is 1. The molecule has 7 heteroatoms. The highest BCUT2D eigenvalue weighted by Crippen LogP contribution is 2.25. The molecule has 2 aromatic carbocycles. The number of amides is 1. The second-order valence-corrected chi connectivity index (χ2v) is 7.41. The third-order valence-corrected chi connectivity index (χ3v) is 5.18. The molecular formula is C20H18Cl3N3O. The Morgan fingerprint density at radius 3 is 2.67 bits per heavy atom. The minimum atomic E-state index is -0.0856. The number of nitrogens with zero attached hydrogens (tertiary/aromatic N) is 2. The van der Waals surface area contributed by atoms with Crippen LogP contribution in [0.1, 0.15) is 16.8 Å². The Morgan fingerprint density at radius 1 is 1.07 bits per heavy atom. The van der Waals surface area contributed by atoms with Gasteiger partial charge >= 0.3 is 0 Å². The maximum atomic E-state index is 12.5. The quantitative estimate of drug-likeness (QED) is 0.513. The number of hydrogen-bond acceptors (Lipinski definition) is 3. The lowest BCUT2D eigenvalue weighted by Gasteiger charge is -2.18. The van der Waals surface area contributed by atoms with Crippen molar-refractivity contribution in [2.24, 2.45) is 0 Å². The fourth-order valence-electron chi connectivity index (χ4n) is 2.77. The first-order valence-corrected chi connectivity index (χ1v) is 9.58. The molecule has 1 aromatic heterocycles. The normalized spacial score (nSPS) is 10.8. The van der Waals surface area contributed by atoms with Crippen molar-refractivity contribution in [3.8, 4) is 0 Å². The van der Waals surface area contributed by atoms with Crippen LogP contribution in [0.2, 0.25) is 15.1 Å². The van der Waals surface area contributed by atoms with Crippen LogP contribution in [-0.4, -0.2) is 35.9 Å². The molecule has 0 aliphatic heterocycles. The summed E-state index contributed by atoms with van der Waals surface area (Å²) in [5.41, 5.74) is 2.37. The van der Waals surface area contributed by atoms with Gasteiger partial charge in [-0.1, -0.05) is 34.8 Å². The number of carbonyl (C=O) groups excluding carboxylic acids is 1. The summed E-state index contributed by atoms with van der Waals surface area (Å²) in [6, 6.07) is 12.5. The van der Waals surface area contributed by atoms with E-state index in [1.54, 1.807) is 36.3 Å². The summed E-state index contributed by atoms with van der Waals surface area (Å²) in [5.74, 6) is -0.0856. The summed E-state index contributed by atoms with van der Waals surface area (Å²) in [4.78, 5) is 18.5. The van der Waals surface area contributed by atoms with Crippen LogP contribution in [0.3, 0.4) is 0 Å². The summed E-state index contributed by atoms with van der Waals surface area (Å²) in [6.07, 6.45) is 2.54. The third-order valence-electron chi connectivity index (χ3n) is 4.20. The first kappa shape index (κ1) is 19.7. The highest BCUT2D eigenvalue weighted by Gasteiger charge is 2.13. The van der Waals surface area contributed by atoms with Crippen molar-refractivity contribution in [2.45, 2.75) is 6.42 Å². The molecule has 0 bridgehead atoms. The molecule has 27 heavy (non-hydrogen) atoms. The molecule has 1 heterocycles. The van der Waals surface area contributed by atoms with Crippen molar-refractivity contribution >= 4 is 57.3 Å². The van der Waals surface area contributed by atoms with Crippen LogP contribution in [0.25, 0.3) is 10.9 Å². The molecular weight excluding hydrogens is 405 g/mol. The van der Waals surface area contributed by atoms with Gasteiger partial charge in [-0.2, -0.15) is 0 Å². The number of aromatic nitrogens is 1. The fourth-order valence-corrected chi connectivity index (χ4v) is 3.23. The van der Waals surface area contributed by atoms with E-state index in [2.05, 4.69) is 10.3 Å². The van der Waals surface area contributed by atoms with Gasteiger partial charge < -0.3 is 10.2 Å². The predicted octanol–water partition coefficient (Wildman–Crippen LogP) is 5.77. The summed E-state index contributed by atoms with van der Waals surface area (Å²) >= 11 is 17.9. The third kappa shape index (κ3) is 4.83. The molecule has 140 valence electrons. The number of benzene rings is 2. The van der Waals surface area contributed by atoms with Crippen LogP contribution in [0, 0.1) is 0 Å². The molecule has 0 unspecified atom stereocenters. The summed E-state index contributed by atoms with van der Waals surface area (Å²) in [7, 11) is 1.77. The summed E-state index contributed by atoms with van der Waals surface area (Å²) in [5, 5.41) is 5.89. The lowest BCUT2D eigenvalue weighted by molar-refractivity contribution is 0.0794. The van der Waals surface area contributed by atoms with E-state index in [4.69, 9.17) is 34.8 Å². The van der Waals surface area contributed by atoms with Crippen molar-refractivity contribution in [1.82, 2.24) is 9.88 Å². The van der Waals surface area contributed by atoms with E-state index in [1.165, 1.54) is 0 Å². The Balaban J connectivity index is 1.55. The molecule has 3 aromatic rings. The van der Waals surface area contributed by atoms with Crippen LogP contribution < -0.4 is 5.32 Å². The lowest BCUT2D eigenvalue weighted by Crippen LogP contribution is -2.28. The first-order chi connectivity index (χ1) is 13.0. The number of rotatable bonds is 6. The predicted molar refractivity (Wildman–Crippen MR) is 113 cm³/mol.